The Kier molecular flexibility index (Phi) is 5.82. The Morgan fingerprint density at radius 1 is 1.38 bits per heavy atom. The minimum atomic E-state index is -0.0134. The van der Waals surface area contributed by atoms with E-state index >= 15 is 0 Å². The Morgan fingerprint density at radius 2 is 2.23 bits per heavy atom. The summed E-state index contributed by atoms with van der Waals surface area (Å²) in [6, 6.07) is 3.99. The summed E-state index contributed by atoms with van der Waals surface area (Å²) in [4.78, 5) is 12.1. The van der Waals surface area contributed by atoms with Crippen LogP contribution in [0.15, 0.2) is 27.3 Å². The van der Waals surface area contributed by atoms with E-state index in [-0.39, 0.29) is 5.91 Å². The number of aryl methyl sites for hydroxylation is 3. The average Bonchev–Trinajstić information content (AvgIpc) is 3.32. The molecular formula is C18H23N5O2S. The highest BCUT2D eigenvalue weighted by atomic mass is 32.1. The zero-order chi connectivity index (χ0) is 18.5. The van der Waals surface area contributed by atoms with Crippen LogP contribution < -0.4 is 5.32 Å². The predicted octanol–water partition coefficient (Wildman–Crippen LogP) is 3.00. The van der Waals surface area contributed by atoms with Gasteiger partial charge in [-0.15, -0.1) is 10.2 Å². The first-order chi connectivity index (χ1) is 12.5. The molecule has 0 spiro atoms. The van der Waals surface area contributed by atoms with Gasteiger partial charge in [-0.25, -0.2) is 0 Å². The maximum atomic E-state index is 12.1. The van der Waals surface area contributed by atoms with Crippen molar-refractivity contribution in [2.24, 2.45) is 5.92 Å². The molecule has 0 fully saturated rings. The quantitative estimate of drug-likeness (QED) is 0.656. The van der Waals surface area contributed by atoms with Gasteiger partial charge in [-0.05, 0) is 37.3 Å². The molecule has 7 nitrogen and oxygen atoms in total. The monoisotopic (exact) mass is 373 g/mol. The van der Waals surface area contributed by atoms with E-state index in [0.717, 1.165) is 23.5 Å². The molecule has 0 bridgehead atoms. The Bertz CT molecular complexity index is 853. The second-order valence-electron chi connectivity index (χ2n) is 6.53. The molecule has 0 aliphatic carbocycles. The minimum absolute atomic E-state index is 0.0134. The third kappa shape index (κ3) is 4.78. The summed E-state index contributed by atoms with van der Waals surface area (Å²) in [6.07, 6.45) is 0.771. The van der Waals surface area contributed by atoms with E-state index in [1.54, 1.807) is 11.3 Å². The van der Waals surface area contributed by atoms with Gasteiger partial charge in [0.1, 0.15) is 0 Å². The lowest BCUT2D eigenvalue weighted by molar-refractivity contribution is -0.121. The summed E-state index contributed by atoms with van der Waals surface area (Å²) in [7, 11) is 0. The van der Waals surface area contributed by atoms with E-state index in [0.29, 0.717) is 37.1 Å². The molecule has 0 aliphatic heterocycles. The molecule has 3 aromatic rings. The lowest BCUT2D eigenvalue weighted by Gasteiger charge is -2.13. The van der Waals surface area contributed by atoms with E-state index < -0.39 is 0 Å². The van der Waals surface area contributed by atoms with Gasteiger partial charge in [0.25, 0.3) is 0 Å². The number of nitrogens with zero attached hydrogens (tertiary/aromatic N) is 4. The first kappa shape index (κ1) is 18.3. The van der Waals surface area contributed by atoms with Crippen LogP contribution in [0.25, 0.3) is 11.5 Å². The van der Waals surface area contributed by atoms with Crippen molar-refractivity contribution in [1.29, 1.82) is 0 Å². The van der Waals surface area contributed by atoms with Crippen LogP contribution in [-0.4, -0.2) is 32.4 Å². The molecule has 0 radical (unpaired) electrons. The number of carbonyl (C=O) groups excluding carboxylic acids is 1. The van der Waals surface area contributed by atoms with Gasteiger partial charge in [0.2, 0.25) is 17.7 Å². The number of amides is 1. The van der Waals surface area contributed by atoms with Crippen LogP contribution >= 0.6 is 11.3 Å². The molecule has 8 heteroatoms. The molecule has 3 aromatic heterocycles. The summed E-state index contributed by atoms with van der Waals surface area (Å²) in [5.74, 6) is 1.27. The number of carbonyl (C=O) groups is 1. The molecule has 3 rings (SSSR count). The van der Waals surface area contributed by atoms with Gasteiger partial charge in [0.05, 0.1) is 5.69 Å². The second kappa shape index (κ2) is 8.27. The van der Waals surface area contributed by atoms with Gasteiger partial charge in [-0.3, -0.25) is 9.48 Å². The highest BCUT2D eigenvalue weighted by Crippen LogP contribution is 2.20. The number of rotatable bonds is 8. The highest BCUT2D eigenvalue weighted by molar-refractivity contribution is 7.08. The van der Waals surface area contributed by atoms with E-state index in [2.05, 4.69) is 33.6 Å². The Balaban J connectivity index is 1.41. The van der Waals surface area contributed by atoms with Crippen LogP contribution in [0, 0.1) is 19.8 Å². The molecule has 0 unspecified atom stereocenters. The van der Waals surface area contributed by atoms with Crippen LogP contribution in [0.5, 0.6) is 0 Å². The molecular weight excluding hydrogens is 350 g/mol. The lowest BCUT2D eigenvalue weighted by Crippen LogP contribution is -2.30. The van der Waals surface area contributed by atoms with E-state index in [1.165, 1.54) is 0 Å². The van der Waals surface area contributed by atoms with Gasteiger partial charge in [0, 0.05) is 42.6 Å². The van der Waals surface area contributed by atoms with E-state index in [1.807, 2.05) is 35.4 Å². The van der Waals surface area contributed by atoms with Gasteiger partial charge < -0.3 is 9.73 Å². The molecule has 0 saturated heterocycles. The lowest BCUT2D eigenvalue weighted by atomic mass is 10.1. The number of aromatic nitrogens is 4. The maximum Gasteiger partial charge on any atom is 0.248 e. The number of nitrogens with one attached hydrogen (secondary N) is 1. The predicted molar refractivity (Wildman–Crippen MR) is 99.8 cm³/mol. The van der Waals surface area contributed by atoms with Gasteiger partial charge in [-0.1, -0.05) is 6.92 Å². The van der Waals surface area contributed by atoms with E-state index in [9.17, 15) is 4.79 Å². The smallest absolute Gasteiger partial charge is 0.248 e. The third-order valence-electron chi connectivity index (χ3n) is 4.04. The third-order valence-corrected chi connectivity index (χ3v) is 4.72. The first-order valence-electron chi connectivity index (χ1n) is 8.64. The topological polar surface area (TPSA) is 85.8 Å². The Labute approximate surface area is 156 Å². The molecule has 0 saturated carbocycles. The molecule has 0 aliphatic rings. The van der Waals surface area contributed by atoms with Crippen LogP contribution in [0.2, 0.25) is 0 Å². The average molecular weight is 373 g/mol. The normalized spacial score (nSPS) is 12.3. The summed E-state index contributed by atoms with van der Waals surface area (Å²) in [6.45, 7) is 7.52. The van der Waals surface area contributed by atoms with Gasteiger partial charge in [-0.2, -0.15) is 16.4 Å². The van der Waals surface area contributed by atoms with Crippen LogP contribution in [0.1, 0.15) is 30.6 Å². The van der Waals surface area contributed by atoms with Crippen molar-refractivity contribution in [3.63, 3.8) is 0 Å². The van der Waals surface area contributed by atoms with E-state index in [4.69, 9.17) is 4.42 Å². The molecule has 3 heterocycles. The first-order valence-corrected chi connectivity index (χ1v) is 9.58. The molecule has 26 heavy (non-hydrogen) atoms. The van der Waals surface area contributed by atoms with Crippen molar-refractivity contribution in [2.75, 3.05) is 6.54 Å². The standard InChI is InChI=1S/C18H23N5O2S/c1-12(10-23-14(3)8-13(2)22-23)9-19-16(24)4-5-17-20-21-18(25-17)15-6-7-26-11-15/h6-8,11-12H,4-5,9-10H2,1-3H3,(H,19,24)/t12-/m1/s1. The van der Waals surface area contributed by atoms with Gasteiger partial charge in [0.15, 0.2) is 0 Å². The maximum absolute atomic E-state index is 12.1. The summed E-state index contributed by atoms with van der Waals surface area (Å²) in [5.41, 5.74) is 3.06. The summed E-state index contributed by atoms with van der Waals surface area (Å²) in [5, 5.41) is 19.3. The number of hydrogen-bond acceptors (Lipinski definition) is 6. The van der Waals surface area contributed by atoms with Crippen molar-refractivity contribution in [2.45, 2.75) is 40.2 Å². The van der Waals surface area contributed by atoms with Crippen molar-refractivity contribution in [3.05, 3.63) is 40.2 Å². The molecule has 0 aromatic carbocycles. The largest absolute Gasteiger partial charge is 0.421 e. The van der Waals surface area contributed by atoms with Crippen LogP contribution in [-0.2, 0) is 17.8 Å². The SMILES string of the molecule is Cc1cc(C)n(C[C@H](C)CNC(=O)CCc2nnc(-c3ccsc3)o2)n1. The molecule has 1 N–H and O–H groups in total. The molecule has 1 atom stereocenters. The zero-order valence-electron chi connectivity index (χ0n) is 15.2. The van der Waals surface area contributed by atoms with Crippen LogP contribution in [0.4, 0.5) is 0 Å². The molecule has 138 valence electrons. The Hall–Kier alpha value is -2.48. The van der Waals surface area contributed by atoms with Crippen molar-refractivity contribution in [1.82, 2.24) is 25.3 Å². The second-order valence-corrected chi connectivity index (χ2v) is 7.31. The number of thiophene rings is 1. The Morgan fingerprint density at radius 3 is 2.92 bits per heavy atom. The zero-order valence-corrected chi connectivity index (χ0v) is 16.0. The van der Waals surface area contributed by atoms with Crippen molar-refractivity contribution < 1.29 is 9.21 Å². The number of hydrogen-bond donors (Lipinski definition) is 1. The fourth-order valence-corrected chi connectivity index (χ4v) is 3.30. The summed E-state index contributed by atoms with van der Waals surface area (Å²) >= 11 is 1.58. The fourth-order valence-electron chi connectivity index (χ4n) is 2.67. The summed E-state index contributed by atoms with van der Waals surface area (Å²) < 4.78 is 7.57. The van der Waals surface area contributed by atoms with Crippen molar-refractivity contribution in [3.8, 4) is 11.5 Å². The van der Waals surface area contributed by atoms with Crippen LogP contribution in [0.3, 0.4) is 0 Å². The minimum Gasteiger partial charge on any atom is -0.421 e. The van der Waals surface area contributed by atoms with Crippen molar-refractivity contribution >= 4 is 17.2 Å². The fraction of sp³-hybridized carbons (Fsp3) is 0.444. The molecule has 1 amide bonds. The van der Waals surface area contributed by atoms with Gasteiger partial charge >= 0.3 is 0 Å². The highest BCUT2D eigenvalue weighted by Gasteiger charge is 2.12.